The predicted octanol–water partition coefficient (Wildman–Crippen LogP) is 1.83. The molecule has 0 saturated heterocycles. The van der Waals surface area contributed by atoms with Crippen LogP contribution in [-0.4, -0.2) is 15.0 Å². The Morgan fingerprint density at radius 3 is 2.43 bits per heavy atom. The molecule has 1 N–H and O–H groups in total. The highest BCUT2D eigenvalue weighted by atomic mass is 16.6. The van der Waals surface area contributed by atoms with E-state index in [1.807, 2.05) is 0 Å². The fraction of sp³-hybridized carbons (Fsp3) is 0.0833. The molecule has 1 aromatic heterocycles. The molecule has 0 aliphatic heterocycles. The van der Waals surface area contributed by atoms with Crippen LogP contribution in [0.25, 0.3) is 0 Å². The van der Waals surface area contributed by atoms with Gasteiger partial charge < -0.3 is 9.84 Å². The van der Waals surface area contributed by atoms with Crippen molar-refractivity contribution in [1.82, 2.24) is 0 Å². The average molecular weight is 292 g/mol. The van der Waals surface area contributed by atoms with E-state index in [9.17, 15) is 25.3 Å². The SMILES string of the molecule is C[n+]1ccccc1Oc1c([N+](=O)[O-])ccc(O)c1[N+](=O)[O-]. The molecule has 0 fully saturated rings. The number of benzene rings is 1. The lowest BCUT2D eigenvalue weighted by Gasteiger charge is -2.05. The maximum absolute atomic E-state index is 11.0. The van der Waals surface area contributed by atoms with E-state index in [1.165, 1.54) is 10.6 Å². The Balaban J connectivity index is 2.65. The van der Waals surface area contributed by atoms with Crippen molar-refractivity contribution >= 4 is 11.4 Å². The minimum atomic E-state index is -0.930. The second-order valence-electron chi connectivity index (χ2n) is 4.05. The summed E-state index contributed by atoms with van der Waals surface area (Å²) >= 11 is 0. The second kappa shape index (κ2) is 5.41. The van der Waals surface area contributed by atoms with Gasteiger partial charge in [0.25, 0.3) is 5.75 Å². The first-order valence-electron chi connectivity index (χ1n) is 5.69. The third-order valence-corrected chi connectivity index (χ3v) is 2.68. The first-order chi connectivity index (χ1) is 9.91. The van der Waals surface area contributed by atoms with Crippen molar-refractivity contribution < 1.29 is 24.3 Å². The Kier molecular flexibility index (Phi) is 3.65. The van der Waals surface area contributed by atoms with Gasteiger partial charge in [0.15, 0.2) is 11.9 Å². The van der Waals surface area contributed by atoms with Gasteiger partial charge in [-0.25, -0.2) is 0 Å². The molecule has 0 saturated carbocycles. The minimum absolute atomic E-state index is 0.147. The van der Waals surface area contributed by atoms with Crippen molar-refractivity contribution in [3.05, 3.63) is 56.8 Å². The van der Waals surface area contributed by atoms with E-state index in [2.05, 4.69) is 0 Å². The van der Waals surface area contributed by atoms with Crippen LogP contribution in [0.4, 0.5) is 11.4 Å². The Bertz CT molecular complexity index is 731. The van der Waals surface area contributed by atoms with Crippen molar-refractivity contribution in [2.75, 3.05) is 0 Å². The number of pyridine rings is 1. The number of hydrogen-bond acceptors (Lipinski definition) is 6. The molecule has 1 aromatic carbocycles. The summed E-state index contributed by atoms with van der Waals surface area (Å²) in [5.74, 6) is -1.18. The van der Waals surface area contributed by atoms with E-state index in [0.717, 1.165) is 12.1 Å². The van der Waals surface area contributed by atoms with Crippen LogP contribution < -0.4 is 9.30 Å². The lowest BCUT2D eigenvalue weighted by atomic mass is 10.2. The lowest BCUT2D eigenvalue weighted by Crippen LogP contribution is -2.28. The Morgan fingerprint density at radius 2 is 1.86 bits per heavy atom. The van der Waals surface area contributed by atoms with Gasteiger partial charge in [-0.1, -0.05) is 0 Å². The van der Waals surface area contributed by atoms with Gasteiger partial charge in [-0.3, -0.25) is 20.2 Å². The standard InChI is InChI=1S/C12H9N3O6/c1-13-7-3-2-4-10(13)21-12-8(14(17)18)5-6-9(16)11(12)15(19)20/h2-7H,1H3/p+1. The van der Waals surface area contributed by atoms with E-state index < -0.39 is 32.7 Å². The molecule has 108 valence electrons. The topological polar surface area (TPSA) is 120 Å². The van der Waals surface area contributed by atoms with Gasteiger partial charge in [0.05, 0.1) is 15.9 Å². The predicted molar refractivity (Wildman–Crippen MR) is 69.1 cm³/mol. The van der Waals surface area contributed by atoms with Crippen molar-refractivity contribution in [3.8, 4) is 17.4 Å². The molecular weight excluding hydrogens is 282 g/mol. The van der Waals surface area contributed by atoms with Crippen LogP contribution in [0.15, 0.2) is 36.5 Å². The lowest BCUT2D eigenvalue weighted by molar-refractivity contribution is -0.676. The van der Waals surface area contributed by atoms with Gasteiger partial charge in [0, 0.05) is 12.1 Å². The van der Waals surface area contributed by atoms with E-state index in [4.69, 9.17) is 4.74 Å². The molecule has 1 heterocycles. The number of phenolic OH excluding ortho intramolecular Hbond substituents is 1. The highest BCUT2D eigenvalue weighted by molar-refractivity contribution is 5.67. The van der Waals surface area contributed by atoms with Crippen molar-refractivity contribution in [2.45, 2.75) is 0 Å². The van der Waals surface area contributed by atoms with Gasteiger partial charge in [0.1, 0.15) is 7.05 Å². The molecule has 0 atom stereocenters. The number of nitro groups is 2. The zero-order valence-electron chi connectivity index (χ0n) is 10.8. The summed E-state index contributed by atoms with van der Waals surface area (Å²) in [6.07, 6.45) is 1.61. The third-order valence-electron chi connectivity index (χ3n) is 2.68. The summed E-state index contributed by atoms with van der Waals surface area (Å²) < 4.78 is 6.78. The summed E-state index contributed by atoms with van der Waals surface area (Å²) in [7, 11) is 1.61. The van der Waals surface area contributed by atoms with Gasteiger partial charge in [-0.2, -0.15) is 4.57 Å². The second-order valence-corrected chi connectivity index (χ2v) is 4.05. The largest absolute Gasteiger partial charge is 0.502 e. The molecule has 21 heavy (non-hydrogen) atoms. The van der Waals surface area contributed by atoms with Crippen molar-refractivity contribution in [1.29, 1.82) is 0 Å². The number of nitrogens with zero attached hydrogens (tertiary/aromatic N) is 3. The summed E-state index contributed by atoms with van der Waals surface area (Å²) in [5, 5.41) is 31.6. The fourth-order valence-electron chi connectivity index (χ4n) is 1.69. The normalized spacial score (nSPS) is 10.1. The van der Waals surface area contributed by atoms with Gasteiger partial charge in [-0.05, 0) is 12.1 Å². The third kappa shape index (κ3) is 2.71. The van der Waals surface area contributed by atoms with Crippen LogP contribution in [-0.2, 0) is 7.05 Å². The zero-order valence-corrected chi connectivity index (χ0v) is 10.8. The van der Waals surface area contributed by atoms with Gasteiger partial charge in [-0.15, -0.1) is 0 Å². The van der Waals surface area contributed by atoms with Crippen LogP contribution in [0.1, 0.15) is 0 Å². The summed E-state index contributed by atoms with van der Waals surface area (Å²) in [5.41, 5.74) is -1.46. The molecule has 9 heteroatoms. The zero-order chi connectivity index (χ0) is 15.6. The number of aryl methyl sites for hydroxylation is 1. The monoisotopic (exact) mass is 292 g/mol. The molecule has 2 aromatic rings. The summed E-state index contributed by atoms with van der Waals surface area (Å²) in [6.45, 7) is 0. The van der Waals surface area contributed by atoms with E-state index >= 15 is 0 Å². The number of hydrogen-bond donors (Lipinski definition) is 1. The Labute approximate surface area is 117 Å². The van der Waals surface area contributed by atoms with E-state index in [-0.39, 0.29) is 5.88 Å². The highest BCUT2D eigenvalue weighted by Gasteiger charge is 2.33. The maximum atomic E-state index is 11.0. The quantitative estimate of drug-likeness (QED) is 0.521. The van der Waals surface area contributed by atoms with Crippen LogP contribution >= 0.6 is 0 Å². The van der Waals surface area contributed by atoms with Crippen LogP contribution in [0.5, 0.6) is 17.4 Å². The van der Waals surface area contributed by atoms with Gasteiger partial charge in [0.2, 0.25) is 0 Å². The van der Waals surface area contributed by atoms with E-state index in [1.54, 1.807) is 25.4 Å². The number of aromatic nitrogens is 1. The molecule has 9 nitrogen and oxygen atoms in total. The first-order valence-corrected chi connectivity index (χ1v) is 5.69. The van der Waals surface area contributed by atoms with Crippen molar-refractivity contribution in [2.24, 2.45) is 7.05 Å². The number of ether oxygens (including phenoxy) is 1. The molecule has 2 rings (SSSR count). The van der Waals surface area contributed by atoms with Gasteiger partial charge >= 0.3 is 17.3 Å². The maximum Gasteiger partial charge on any atom is 0.373 e. The Hall–Kier alpha value is -3.23. The molecule has 0 amide bonds. The molecular formula is C12H10N3O6+. The molecule has 0 radical (unpaired) electrons. The average Bonchev–Trinajstić information content (AvgIpc) is 2.40. The molecule has 0 aliphatic rings. The number of rotatable bonds is 4. The summed E-state index contributed by atoms with van der Waals surface area (Å²) in [6, 6.07) is 6.61. The van der Waals surface area contributed by atoms with Crippen LogP contribution in [0.3, 0.4) is 0 Å². The molecule has 0 unspecified atom stereocenters. The highest BCUT2D eigenvalue weighted by Crippen LogP contribution is 2.44. The fourth-order valence-corrected chi connectivity index (χ4v) is 1.69. The number of aromatic hydroxyl groups is 1. The van der Waals surface area contributed by atoms with E-state index in [0.29, 0.717) is 0 Å². The number of phenols is 1. The Morgan fingerprint density at radius 1 is 1.14 bits per heavy atom. The smallest absolute Gasteiger partial charge is 0.373 e. The molecule has 0 bridgehead atoms. The number of nitro benzene ring substituents is 2. The van der Waals surface area contributed by atoms with Crippen LogP contribution in [0, 0.1) is 20.2 Å². The first kappa shape index (κ1) is 14.2. The molecule has 0 aliphatic carbocycles. The minimum Gasteiger partial charge on any atom is -0.502 e. The summed E-state index contributed by atoms with van der Waals surface area (Å²) in [4.78, 5) is 20.3. The van der Waals surface area contributed by atoms with Crippen LogP contribution in [0.2, 0.25) is 0 Å². The molecule has 0 spiro atoms. The van der Waals surface area contributed by atoms with Crippen molar-refractivity contribution in [3.63, 3.8) is 0 Å².